The summed E-state index contributed by atoms with van der Waals surface area (Å²) in [6.45, 7) is 0.714. The minimum atomic E-state index is -4.07. The zero-order valence-corrected chi connectivity index (χ0v) is 10.7. The molecule has 2 aliphatic rings. The summed E-state index contributed by atoms with van der Waals surface area (Å²) in [5.41, 5.74) is 2.54. The molecule has 0 bridgehead atoms. The van der Waals surface area contributed by atoms with E-state index in [4.69, 9.17) is 0 Å². The molecule has 104 valence electrons. The molecule has 1 aliphatic heterocycles. The number of halogens is 3. The second kappa shape index (κ2) is 4.82. The fraction of sp³-hybridized carbons (Fsp3) is 0.600. The predicted molar refractivity (Wildman–Crippen MR) is 68.1 cm³/mol. The van der Waals surface area contributed by atoms with Gasteiger partial charge in [-0.05, 0) is 49.3 Å². The van der Waals surface area contributed by atoms with Crippen LogP contribution in [0.1, 0.15) is 36.3 Å². The van der Waals surface area contributed by atoms with Crippen LogP contribution in [0.4, 0.5) is 13.2 Å². The smallest absolute Gasteiger partial charge is 0.313 e. The van der Waals surface area contributed by atoms with E-state index in [0.717, 1.165) is 6.42 Å². The summed E-state index contributed by atoms with van der Waals surface area (Å²) in [4.78, 5) is 0. The van der Waals surface area contributed by atoms with E-state index in [9.17, 15) is 13.2 Å². The van der Waals surface area contributed by atoms with Crippen molar-refractivity contribution < 1.29 is 13.2 Å². The molecule has 4 heteroatoms. The molecule has 1 aromatic rings. The average Bonchev–Trinajstić information content (AvgIpc) is 2.35. The van der Waals surface area contributed by atoms with Crippen molar-refractivity contribution >= 4 is 0 Å². The van der Waals surface area contributed by atoms with Crippen LogP contribution in [-0.4, -0.2) is 18.8 Å². The first kappa shape index (κ1) is 13.0. The number of rotatable bonds is 2. The fourth-order valence-corrected chi connectivity index (χ4v) is 3.47. The predicted octanol–water partition coefficient (Wildman–Crippen LogP) is 3.65. The molecule has 1 N–H and O–H groups in total. The first-order chi connectivity index (χ1) is 9.05. The van der Waals surface area contributed by atoms with Crippen LogP contribution in [0.5, 0.6) is 0 Å². The van der Waals surface area contributed by atoms with Crippen molar-refractivity contribution in [1.29, 1.82) is 0 Å². The molecule has 1 saturated heterocycles. The Morgan fingerprint density at radius 2 is 2.00 bits per heavy atom. The topological polar surface area (TPSA) is 12.0 Å². The van der Waals surface area contributed by atoms with E-state index in [1.807, 2.05) is 12.1 Å². The Hall–Kier alpha value is -1.03. The third-order valence-electron chi connectivity index (χ3n) is 4.50. The van der Waals surface area contributed by atoms with Crippen LogP contribution in [0.25, 0.3) is 0 Å². The number of hydrogen-bond acceptors (Lipinski definition) is 1. The van der Waals surface area contributed by atoms with Gasteiger partial charge in [-0.3, -0.25) is 0 Å². The van der Waals surface area contributed by atoms with Crippen molar-refractivity contribution in [2.24, 2.45) is 5.92 Å². The Bertz CT molecular complexity index is 455. The van der Waals surface area contributed by atoms with E-state index in [1.54, 1.807) is 0 Å². The highest BCUT2D eigenvalue weighted by Crippen LogP contribution is 2.42. The van der Waals surface area contributed by atoms with Gasteiger partial charge in [-0.25, -0.2) is 0 Å². The highest BCUT2D eigenvalue weighted by atomic mass is 19.4. The lowest BCUT2D eigenvalue weighted by Gasteiger charge is -2.39. The summed E-state index contributed by atoms with van der Waals surface area (Å²) in [6, 6.07) is 7.68. The second-order valence-corrected chi connectivity index (χ2v) is 5.69. The average molecular weight is 269 g/mol. The molecule has 1 nitrogen and oxygen atoms in total. The van der Waals surface area contributed by atoms with Gasteiger partial charge in [0.2, 0.25) is 0 Å². The lowest BCUT2D eigenvalue weighted by Crippen LogP contribution is -2.48. The van der Waals surface area contributed by atoms with E-state index in [2.05, 4.69) is 17.4 Å². The van der Waals surface area contributed by atoms with Gasteiger partial charge in [0.15, 0.2) is 0 Å². The standard InChI is InChI=1S/C15H18F3N/c16-15(17,18)13-6-3-7-19-14(13)9-11-8-10-4-1-2-5-12(10)11/h1-2,4-5,11,13-14,19H,3,6-9H2. The summed E-state index contributed by atoms with van der Waals surface area (Å²) < 4.78 is 39.1. The third kappa shape index (κ3) is 2.50. The maximum atomic E-state index is 13.0. The maximum Gasteiger partial charge on any atom is 0.393 e. The molecule has 1 aromatic carbocycles. The SMILES string of the molecule is FC(F)(F)C1CCCNC1CC1Cc2ccccc21. The summed E-state index contributed by atoms with van der Waals surface area (Å²) in [5.74, 6) is -0.870. The fourth-order valence-electron chi connectivity index (χ4n) is 3.47. The number of hydrogen-bond donors (Lipinski definition) is 1. The van der Waals surface area contributed by atoms with Gasteiger partial charge >= 0.3 is 6.18 Å². The molecular formula is C15H18F3N. The third-order valence-corrected chi connectivity index (χ3v) is 4.50. The molecular weight excluding hydrogens is 251 g/mol. The lowest BCUT2D eigenvalue weighted by molar-refractivity contribution is -0.189. The summed E-state index contributed by atoms with van der Waals surface area (Å²) in [5, 5.41) is 3.09. The van der Waals surface area contributed by atoms with Gasteiger partial charge in [0, 0.05) is 6.04 Å². The molecule has 3 unspecified atom stereocenters. The first-order valence-electron chi connectivity index (χ1n) is 6.93. The van der Waals surface area contributed by atoms with E-state index in [1.165, 1.54) is 11.1 Å². The van der Waals surface area contributed by atoms with E-state index in [0.29, 0.717) is 25.3 Å². The normalized spacial score (nSPS) is 30.6. The van der Waals surface area contributed by atoms with Gasteiger partial charge in [-0.15, -0.1) is 0 Å². The number of nitrogens with one attached hydrogen (secondary N) is 1. The molecule has 3 rings (SSSR count). The minimum Gasteiger partial charge on any atom is -0.313 e. The highest BCUT2D eigenvalue weighted by molar-refractivity contribution is 5.40. The molecule has 1 fully saturated rings. The van der Waals surface area contributed by atoms with Crippen LogP contribution in [0.2, 0.25) is 0 Å². The van der Waals surface area contributed by atoms with Crippen molar-refractivity contribution in [2.45, 2.75) is 43.8 Å². The summed E-state index contributed by atoms with van der Waals surface area (Å²) in [6.07, 6.45) is -1.63. The van der Waals surface area contributed by atoms with Crippen LogP contribution < -0.4 is 5.32 Å². The lowest BCUT2D eigenvalue weighted by atomic mass is 9.72. The van der Waals surface area contributed by atoms with Crippen molar-refractivity contribution in [3.05, 3.63) is 35.4 Å². The Morgan fingerprint density at radius 1 is 1.21 bits per heavy atom. The number of benzene rings is 1. The second-order valence-electron chi connectivity index (χ2n) is 5.69. The molecule has 0 saturated carbocycles. The molecule has 1 heterocycles. The molecule has 19 heavy (non-hydrogen) atoms. The van der Waals surface area contributed by atoms with Crippen LogP contribution >= 0.6 is 0 Å². The minimum absolute atomic E-state index is 0.273. The molecule has 0 radical (unpaired) electrons. The number of piperidine rings is 1. The van der Waals surface area contributed by atoms with Gasteiger partial charge in [-0.2, -0.15) is 13.2 Å². The quantitative estimate of drug-likeness (QED) is 0.864. The number of fused-ring (bicyclic) bond motifs is 1. The van der Waals surface area contributed by atoms with Gasteiger partial charge in [0.25, 0.3) is 0 Å². The zero-order valence-electron chi connectivity index (χ0n) is 10.7. The number of alkyl halides is 3. The molecule has 0 amide bonds. The van der Waals surface area contributed by atoms with Crippen molar-refractivity contribution in [1.82, 2.24) is 5.32 Å². The Kier molecular flexibility index (Phi) is 3.29. The monoisotopic (exact) mass is 269 g/mol. The van der Waals surface area contributed by atoms with Crippen molar-refractivity contribution in [2.75, 3.05) is 6.54 Å². The van der Waals surface area contributed by atoms with Crippen LogP contribution in [0.3, 0.4) is 0 Å². The maximum absolute atomic E-state index is 13.0. The summed E-state index contributed by atoms with van der Waals surface area (Å²) >= 11 is 0. The van der Waals surface area contributed by atoms with Gasteiger partial charge in [0.05, 0.1) is 5.92 Å². The Morgan fingerprint density at radius 3 is 2.74 bits per heavy atom. The van der Waals surface area contributed by atoms with Crippen LogP contribution in [0, 0.1) is 5.92 Å². The summed E-state index contributed by atoms with van der Waals surface area (Å²) in [7, 11) is 0. The van der Waals surface area contributed by atoms with Gasteiger partial charge < -0.3 is 5.32 Å². The van der Waals surface area contributed by atoms with E-state index in [-0.39, 0.29) is 6.42 Å². The van der Waals surface area contributed by atoms with Crippen molar-refractivity contribution in [3.63, 3.8) is 0 Å². The van der Waals surface area contributed by atoms with Gasteiger partial charge in [0.1, 0.15) is 0 Å². The molecule has 0 aromatic heterocycles. The van der Waals surface area contributed by atoms with E-state index < -0.39 is 18.1 Å². The first-order valence-corrected chi connectivity index (χ1v) is 6.93. The van der Waals surface area contributed by atoms with Crippen molar-refractivity contribution in [3.8, 4) is 0 Å². The van der Waals surface area contributed by atoms with Gasteiger partial charge in [-0.1, -0.05) is 24.3 Å². The molecule has 0 spiro atoms. The zero-order chi connectivity index (χ0) is 13.5. The molecule has 1 aliphatic carbocycles. The van der Waals surface area contributed by atoms with E-state index >= 15 is 0 Å². The van der Waals surface area contributed by atoms with Crippen LogP contribution in [0.15, 0.2) is 24.3 Å². The Labute approximate surface area is 111 Å². The Balaban J connectivity index is 1.69. The largest absolute Gasteiger partial charge is 0.393 e. The van der Waals surface area contributed by atoms with Crippen LogP contribution in [-0.2, 0) is 6.42 Å². The molecule has 3 atom stereocenters. The highest BCUT2D eigenvalue weighted by Gasteiger charge is 2.46.